The summed E-state index contributed by atoms with van der Waals surface area (Å²) in [6.07, 6.45) is 0. The Morgan fingerprint density at radius 3 is 2.57 bits per heavy atom. The molecule has 6 nitrogen and oxygen atoms in total. The van der Waals surface area contributed by atoms with Crippen LogP contribution in [0, 0.1) is 0 Å². The monoisotopic (exact) mass is 384 g/mol. The van der Waals surface area contributed by atoms with Crippen LogP contribution in [0.5, 0.6) is 11.5 Å². The minimum atomic E-state index is -0.157. The first-order valence-electron chi connectivity index (χ1n) is 9.52. The lowest BCUT2D eigenvalue weighted by Crippen LogP contribution is -2.35. The lowest BCUT2D eigenvalue weighted by molar-refractivity contribution is 0.0342. The molecule has 2 aromatic rings. The molecule has 1 saturated heterocycles. The predicted octanol–water partition coefficient (Wildman–Crippen LogP) is 3.03. The molecule has 3 rings (SSSR count). The highest BCUT2D eigenvalue weighted by Gasteiger charge is 2.15. The van der Waals surface area contributed by atoms with E-state index in [0.717, 1.165) is 44.0 Å². The number of rotatable bonds is 7. The summed E-state index contributed by atoms with van der Waals surface area (Å²) in [4.78, 5) is 15.1. The van der Waals surface area contributed by atoms with Crippen molar-refractivity contribution in [3.05, 3.63) is 59.2 Å². The van der Waals surface area contributed by atoms with Crippen LogP contribution in [0.2, 0.25) is 0 Å². The average molecular weight is 384 g/mol. The fraction of sp³-hybridized carbons (Fsp3) is 0.409. The Bertz CT molecular complexity index is 803. The summed E-state index contributed by atoms with van der Waals surface area (Å²) < 4.78 is 16.0. The Balaban J connectivity index is 1.66. The summed E-state index contributed by atoms with van der Waals surface area (Å²) in [6, 6.07) is 13.3. The molecule has 0 aromatic heterocycles. The number of carbonyl (C=O) groups is 1. The number of morpholine rings is 1. The molecule has 0 spiro atoms. The largest absolute Gasteiger partial charge is 0.493 e. The third kappa shape index (κ3) is 5.03. The van der Waals surface area contributed by atoms with Crippen LogP contribution in [-0.2, 0) is 11.3 Å². The third-order valence-electron chi connectivity index (χ3n) is 4.95. The molecule has 150 valence electrons. The smallest absolute Gasteiger partial charge is 0.251 e. The van der Waals surface area contributed by atoms with Crippen molar-refractivity contribution in [3.63, 3.8) is 0 Å². The number of hydrogen-bond acceptors (Lipinski definition) is 5. The molecular formula is C22H28N2O4. The minimum Gasteiger partial charge on any atom is -0.493 e. The first-order chi connectivity index (χ1) is 13.6. The van der Waals surface area contributed by atoms with Crippen LogP contribution < -0.4 is 14.8 Å². The maximum atomic E-state index is 12.7. The van der Waals surface area contributed by atoms with E-state index in [1.165, 1.54) is 0 Å². The van der Waals surface area contributed by atoms with Crippen LogP contribution in [0.3, 0.4) is 0 Å². The molecule has 0 saturated carbocycles. The quantitative estimate of drug-likeness (QED) is 0.795. The SMILES string of the molecule is COc1ccc([C@@H](C)NC(=O)c2cccc(CN3CCOCC3)c2)cc1OC. The van der Waals surface area contributed by atoms with Gasteiger partial charge in [-0.3, -0.25) is 9.69 Å². The zero-order valence-electron chi connectivity index (χ0n) is 16.7. The molecule has 1 aliphatic rings. The van der Waals surface area contributed by atoms with Gasteiger partial charge < -0.3 is 19.5 Å². The molecule has 1 atom stereocenters. The van der Waals surface area contributed by atoms with E-state index in [0.29, 0.717) is 17.1 Å². The molecule has 0 unspecified atom stereocenters. The van der Waals surface area contributed by atoms with Gasteiger partial charge in [0.05, 0.1) is 33.5 Å². The number of ether oxygens (including phenoxy) is 3. The molecule has 1 N–H and O–H groups in total. The van der Waals surface area contributed by atoms with Crippen LogP contribution in [0.15, 0.2) is 42.5 Å². The third-order valence-corrected chi connectivity index (χ3v) is 4.95. The zero-order valence-corrected chi connectivity index (χ0v) is 16.7. The summed E-state index contributed by atoms with van der Waals surface area (Å²) >= 11 is 0. The van der Waals surface area contributed by atoms with E-state index in [4.69, 9.17) is 14.2 Å². The van der Waals surface area contributed by atoms with Crippen LogP contribution in [0.1, 0.15) is 34.5 Å². The molecular weight excluding hydrogens is 356 g/mol. The van der Waals surface area contributed by atoms with Gasteiger partial charge in [0.25, 0.3) is 5.91 Å². The second-order valence-electron chi connectivity index (χ2n) is 6.90. The van der Waals surface area contributed by atoms with Crippen molar-refractivity contribution in [2.75, 3.05) is 40.5 Å². The Labute approximate surface area is 166 Å². The highest BCUT2D eigenvalue weighted by atomic mass is 16.5. The van der Waals surface area contributed by atoms with Crippen LogP contribution in [0.25, 0.3) is 0 Å². The molecule has 1 fully saturated rings. The van der Waals surface area contributed by atoms with E-state index < -0.39 is 0 Å². The number of hydrogen-bond donors (Lipinski definition) is 1. The molecule has 2 aromatic carbocycles. The molecule has 0 radical (unpaired) electrons. The lowest BCUT2D eigenvalue weighted by atomic mass is 10.1. The number of benzene rings is 2. The van der Waals surface area contributed by atoms with Gasteiger partial charge in [0.1, 0.15) is 0 Å². The van der Waals surface area contributed by atoms with Gasteiger partial charge in [-0.15, -0.1) is 0 Å². The summed E-state index contributed by atoms with van der Waals surface area (Å²) in [6.45, 7) is 6.16. The van der Waals surface area contributed by atoms with Gasteiger partial charge in [-0.05, 0) is 42.3 Å². The molecule has 0 aliphatic carbocycles. The number of amides is 1. The van der Waals surface area contributed by atoms with Crippen molar-refractivity contribution in [2.45, 2.75) is 19.5 Å². The van der Waals surface area contributed by atoms with Gasteiger partial charge in [0.15, 0.2) is 11.5 Å². The maximum Gasteiger partial charge on any atom is 0.251 e. The van der Waals surface area contributed by atoms with Crippen LogP contribution in [-0.4, -0.2) is 51.3 Å². The van der Waals surface area contributed by atoms with Gasteiger partial charge in [-0.25, -0.2) is 0 Å². The first-order valence-corrected chi connectivity index (χ1v) is 9.52. The van der Waals surface area contributed by atoms with Crippen LogP contribution >= 0.6 is 0 Å². The number of nitrogens with one attached hydrogen (secondary N) is 1. The Hall–Kier alpha value is -2.57. The molecule has 28 heavy (non-hydrogen) atoms. The molecule has 1 aliphatic heterocycles. The fourth-order valence-corrected chi connectivity index (χ4v) is 3.31. The van der Waals surface area contributed by atoms with Crippen molar-refractivity contribution in [1.29, 1.82) is 0 Å². The summed E-state index contributed by atoms with van der Waals surface area (Å²) in [5, 5.41) is 3.06. The Kier molecular flexibility index (Phi) is 6.90. The van der Waals surface area contributed by atoms with Crippen LogP contribution in [0.4, 0.5) is 0 Å². The van der Waals surface area contributed by atoms with E-state index in [-0.39, 0.29) is 11.9 Å². The van der Waals surface area contributed by atoms with Crippen molar-refractivity contribution in [1.82, 2.24) is 10.2 Å². The zero-order chi connectivity index (χ0) is 19.9. The van der Waals surface area contributed by atoms with Crippen molar-refractivity contribution < 1.29 is 19.0 Å². The van der Waals surface area contributed by atoms with Crippen molar-refractivity contribution in [2.24, 2.45) is 0 Å². The molecule has 0 bridgehead atoms. The molecule has 1 amide bonds. The van der Waals surface area contributed by atoms with Crippen molar-refractivity contribution in [3.8, 4) is 11.5 Å². The second kappa shape index (κ2) is 9.57. The Morgan fingerprint density at radius 1 is 1.11 bits per heavy atom. The van der Waals surface area contributed by atoms with E-state index in [9.17, 15) is 4.79 Å². The van der Waals surface area contributed by atoms with Gasteiger partial charge in [0, 0.05) is 25.2 Å². The summed E-state index contributed by atoms with van der Waals surface area (Å²) in [5.74, 6) is 1.22. The van der Waals surface area contributed by atoms with Gasteiger partial charge >= 0.3 is 0 Å². The second-order valence-corrected chi connectivity index (χ2v) is 6.90. The van der Waals surface area contributed by atoms with E-state index in [1.54, 1.807) is 14.2 Å². The number of methoxy groups -OCH3 is 2. The van der Waals surface area contributed by atoms with Crippen molar-refractivity contribution >= 4 is 5.91 Å². The highest BCUT2D eigenvalue weighted by Crippen LogP contribution is 2.30. The van der Waals surface area contributed by atoms with E-state index in [1.807, 2.05) is 43.3 Å². The first kappa shape index (κ1) is 20.2. The lowest BCUT2D eigenvalue weighted by Gasteiger charge is -2.26. The topological polar surface area (TPSA) is 60.0 Å². The number of carbonyl (C=O) groups excluding carboxylic acids is 1. The van der Waals surface area contributed by atoms with E-state index >= 15 is 0 Å². The average Bonchev–Trinajstić information content (AvgIpc) is 2.74. The normalized spacial score (nSPS) is 15.7. The summed E-state index contributed by atoms with van der Waals surface area (Å²) in [7, 11) is 3.21. The fourth-order valence-electron chi connectivity index (χ4n) is 3.31. The summed E-state index contributed by atoms with van der Waals surface area (Å²) in [5.41, 5.74) is 2.75. The van der Waals surface area contributed by atoms with Gasteiger partial charge in [-0.2, -0.15) is 0 Å². The molecule has 6 heteroatoms. The van der Waals surface area contributed by atoms with Gasteiger partial charge in [-0.1, -0.05) is 18.2 Å². The highest BCUT2D eigenvalue weighted by molar-refractivity contribution is 5.94. The maximum absolute atomic E-state index is 12.7. The Morgan fingerprint density at radius 2 is 1.86 bits per heavy atom. The molecule has 1 heterocycles. The minimum absolute atomic E-state index is 0.0916. The number of nitrogens with zero attached hydrogens (tertiary/aromatic N) is 1. The standard InChI is InChI=1S/C22H28N2O4/c1-16(18-7-8-20(26-2)21(14-18)27-3)23-22(25)19-6-4-5-17(13-19)15-24-9-11-28-12-10-24/h4-8,13-14,16H,9-12,15H2,1-3H3,(H,23,25)/t16-/m1/s1. The van der Waals surface area contributed by atoms with E-state index in [2.05, 4.69) is 16.3 Å². The van der Waals surface area contributed by atoms with Gasteiger partial charge in [0.2, 0.25) is 0 Å². The predicted molar refractivity (Wildman–Crippen MR) is 108 cm³/mol.